The Hall–Kier alpha value is -1.58. The minimum Gasteiger partial charge on any atom is -0.460 e. The number of nitrogens with zero attached hydrogens (tertiary/aromatic N) is 1. The summed E-state index contributed by atoms with van der Waals surface area (Å²) in [5.41, 5.74) is 3.01. The third kappa shape index (κ3) is 3.95. The number of rotatable bonds is 3. The van der Waals surface area contributed by atoms with E-state index in [1.807, 2.05) is 27.7 Å². The van der Waals surface area contributed by atoms with Gasteiger partial charge in [-0.05, 0) is 58.1 Å². The highest BCUT2D eigenvalue weighted by Gasteiger charge is 2.17. The van der Waals surface area contributed by atoms with E-state index in [1.54, 1.807) is 0 Å². The number of carbonyl (C=O) groups excluding carboxylic acids is 1. The standard InChI is InChI=1S/C16H24N2O2/c1-11-12(7-8-14(19)20-16(2,3)4)10-13-6-5-9-17-15(13)18-11/h10H,5-9H2,1-4H3,(H,17,18). The fourth-order valence-corrected chi connectivity index (χ4v) is 2.41. The van der Waals surface area contributed by atoms with Crippen molar-refractivity contribution in [2.45, 2.75) is 59.0 Å². The Labute approximate surface area is 120 Å². The van der Waals surface area contributed by atoms with Crippen LogP contribution in [0.1, 0.15) is 50.4 Å². The van der Waals surface area contributed by atoms with Crippen LogP contribution >= 0.6 is 0 Å². The van der Waals surface area contributed by atoms with Gasteiger partial charge in [-0.15, -0.1) is 0 Å². The minimum atomic E-state index is -0.413. The summed E-state index contributed by atoms with van der Waals surface area (Å²) in [5.74, 6) is 0.863. The second-order valence-corrected chi connectivity index (χ2v) is 6.36. The van der Waals surface area contributed by atoms with Crippen molar-refractivity contribution in [2.24, 2.45) is 0 Å². The van der Waals surface area contributed by atoms with Gasteiger partial charge in [0.2, 0.25) is 0 Å². The van der Waals surface area contributed by atoms with E-state index in [2.05, 4.69) is 16.4 Å². The number of pyridine rings is 1. The molecule has 0 saturated carbocycles. The van der Waals surface area contributed by atoms with Crippen molar-refractivity contribution in [1.82, 2.24) is 4.98 Å². The maximum Gasteiger partial charge on any atom is 0.306 e. The molecule has 0 aromatic carbocycles. The van der Waals surface area contributed by atoms with Crippen LogP contribution < -0.4 is 5.32 Å². The molecule has 1 N–H and O–H groups in total. The van der Waals surface area contributed by atoms with Crippen LogP contribution in [0.25, 0.3) is 0 Å². The molecule has 4 heteroatoms. The number of carbonyl (C=O) groups is 1. The topological polar surface area (TPSA) is 51.2 Å². The number of hydrogen-bond acceptors (Lipinski definition) is 4. The van der Waals surface area contributed by atoms with E-state index in [4.69, 9.17) is 4.74 Å². The largest absolute Gasteiger partial charge is 0.460 e. The lowest BCUT2D eigenvalue weighted by Crippen LogP contribution is -2.24. The van der Waals surface area contributed by atoms with E-state index in [1.165, 1.54) is 5.56 Å². The van der Waals surface area contributed by atoms with Crippen LogP contribution in [0.2, 0.25) is 0 Å². The number of esters is 1. The summed E-state index contributed by atoms with van der Waals surface area (Å²) in [7, 11) is 0. The van der Waals surface area contributed by atoms with Crippen LogP contribution in [-0.2, 0) is 22.4 Å². The molecule has 20 heavy (non-hydrogen) atoms. The van der Waals surface area contributed by atoms with Gasteiger partial charge in [0.25, 0.3) is 0 Å². The molecular formula is C16H24N2O2. The summed E-state index contributed by atoms with van der Waals surface area (Å²) in [4.78, 5) is 16.4. The van der Waals surface area contributed by atoms with Crippen LogP contribution in [0.15, 0.2) is 6.07 Å². The molecule has 1 aromatic heterocycles. The van der Waals surface area contributed by atoms with Crippen molar-refractivity contribution in [3.63, 3.8) is 0 Å². The Morgan fingerprint density at radius 3 is 2.90 bits per heavy atom. The highest BCUT2D eigenvalue weighted by molar-refractivity contribution is 5.70. The van der Waals surface area contributed by atoms with Gasteiger partial charge in [-0.25, -0.2) is 4.98 Å². The molecule has 4 nitrogen and oxygen atoms in total. The van der Waals surface area contributed by atoms with Crippen LogP contribution in [0.4, 0.5) is 5.82 Å². The van der Waals surface area contributed by atoms with Crippen LogP contribution in [0.5, 0.6) is 0 Å². The van der Waals surface area contributed by atoms with E-state index in [-0.39, 0.29) is 5.97 Å². The third-order valence-corrected chi connectivity index (χ3v) is 3.33. The molecule has 0 spiro atoms. The molecule has 1 aliphatic rings. The second-order valence-electron chi connectivity index (χ2n) is 6.36. The first-order chi connectivity index (χ1) is 9.35. The fourth-order valence-electron chi connectivity index (χ4n) is 2.41. The summed E-state index contributed by atoms with van der Waals surface area (Å²) in [6.07, 6.45) is 3.31. The van der Waals surface area contributed by atoms with Gasteiger partial charge < -0.3 is 10.1 Å². The number of fused-ring (bicyclic) bond motifs is 1. The Bertz CT molecular complexity index is 504. The lowest BCUT2D eigenvalue weighted by atomic mass is 10.0. The summed E-state index contributed by atoms with van der Waals surface area (Å²) < 4.78 is 5.34. The molecule has 2 heterocycles. The van der Waals surface area contributed by atoms with E-state index in [0.717, 1.165) is 36.5 Å². The molecule has 0 aliphatic carbocycles. The summed E-state index contributed by atoms with van der Waals surface area (Å²) in [6.45, 7) is 8.67. The number of hydrogen-bond donors (Lipinski definition) is 1. The predicted octanol–water partition coefficient (Wildman–Crippen LogP) is 3.02. The van der Waals surface area contributed by atoms with Crippen molar-refractivity contribution in [3.8, 4) is 0 Å². The van der Waals surface area contributed by atoms with E-state index in [0.29, 0.717) is 12.8 Å². The Morgan fingerprint density at radius 1 is 1.45 bits per heavy atom. The van der Waals surface area contributed by atoms with Gasteiger partial charge in [0.15, 0.2) is 0 Å². The van der Waals surface area contributed by atoms with E-state index in [9.17, 15) is 4.79 Å². The van der Waals surface area contributed by atoms with Crippen molar-refractivity contribution in [2.75, 3.05) is 11.9 Å². The van der Waals surface area contributed by atoms with Gasteiger partial charge in [-0.1, -0.05) is 6.07 Å². The monoisotopic (exact) mass is 276 g/mol. The average Bonchev–Trinajstić information content (AvgIpc) is 2.34. The SMILES string of the molecule is Cc1nc2c(cc1CCC(=O)OC(C)(C)C)CCCN2. The Balaban J connectivity index is 2.01. The molecular weight excluding hydrogens is 252 g/mol. The van der Waals surface area contributed by atoms with Gasteiger partial charge in [0, 0.05) is 18.7 Å². The smallest absolute Gasteiger partial charge is 0.306 e. The first-order valence-electron chi connectivity index (χ1n) is 7.30. The van der Waals surface area contributed by atoms with E-state index >= 15 is 0 Å². The maximum absolute atomic E-state index is 11.8. The normalized spacial score (nSPS) is 14.4. The average molecular weight is 276 g/mol. The molecule has 2 rings (SSSR count). The predicted molar refractivity (Wildman–Crippen MR) is 80.0 cm³/mol. The number of aromatic nitrogens is 1. The molecule has 1 aromatic rings. The van der Waals surface area contributed by atoms with Crippen LogP contribution in [0.3, 0.4) is 0 Å². The molecule has 0 unspecified atom stereocenters. The fraction of sp³-hybridized carbons (Fsp3) is 0.625. The third-order valence-electron chi connectivity index (χ3n) is 3.33. The first-order valence-corrected chi connectivity index (χ1v) is 7.30. The van der Waals surface area contributed by atoms with Gasteiger partial charge in [0.1, 0.15) is 11.4 Å². The minimum absolute atomic E-state index is 0.146. The Morgan fingerprint density at radius 2 is 2.20 bits per heavy atom. The summed E-state index contributed by atoms with van der Waals surface area (Å²) in [6, 6.07) is 2.19. The Kier molecular flexibility index (Phi) is 4.31. The zero-order valence-corrected chi connectivity index (χ0v) is 12.9. The molecule has 0 atom stereocenters. The highest BCUT2D eigenvalue weighted by atomic mass is 16.6. The lowest BCUT2D eigenvalue weighted by molar-refractivity contribution is -0.154. The summed E-state index contributed by atoms with van der Waals surface area (Å²) in [5, 5.41) is 3.32. The van der Waals surface area contributed by atoms with Gasteiger partial charge in [0.05, 0.1) is 0 Å². The zero-order valence-electron chi connectivity index (χ0n) is 12.9. The van der Waals surface area contributed by atoms with Crippen molar-refractivity contribution >= 4 is 11.8 Å². The second kappa shape index (κ2) is 5.81. The molecule has 0 amide bonds. The number of ether oxygens (including phenoxy) is 1. The van der Waals surface area contributed by atoms with Crippen molar-refractivity contribution in [3.05, 3.63) is 22.9 Å². The number of anilines is 1. The zero-order chi connectivity index (χ0) is 14.8. The van der Waals surface area contributed by atoms with Crippen molar-refractivity contribution in [1.29, 1.82) is 0 Å². The number of aryl methyl sites for hydroxylation is 3. The van der Waals surface area contributed by atoms with Gasteiger partial charge in [-0.3, -0.25) is 4.79 Å². The van der Waals surface area contributed by atoms with Crippen molar-refractivity contribution < 1.29 is 9.53 Å². The van der Waals surface area contributed by atoms with Crippen LogP contribution in [0, 0.1) is 6.92 Å². The quantitative estimate of drug-likeness (QED) is 0.862. The highest BCUT2D eigenvalue weighted by Crippen LogP contribution is 2.23. The van der Waals surface area contributed by atoms with Gasteiger partial charge >= 0.3 is 5.97 Å². The van der Waals surface area contributed by atoms with Crippen LogP contribution in [-0.4, -0.2) is 23.1 Å². The maximum atomic E-state index is 11.8. The molecule has 0 fully saturated rings. The molecule has 0 bridgehead atoms. The first kappa shape index (κ1) is 14.8. The molecule has 1 aliphatic heterocycles. The molecule has 0 saturated heterocycles. The summed E-state index contributed by atoms with van der Waals surface area (Å²) >= 11 is 0. The lowest BCUT2D eigenvalue weighted by Gasteiger charge is -2.20. The molecule has 0 radical (unpaired) electrons. The van der Waals surface area contributed by atoms with E-state index < -0.39 is 5.60 Å². The van der Waals surface area contributed by atoms with Gasteiger partial charge in [-0.2, -0.15) is 0 Å². The molecule has 110 valence electrons. The number of nitrogens with one attached hydrogen (secondary N) is 1.